The molecule has 3 aromatic rings. The van der Waals surface area contributed by atoms with Crippen molar-refractivity contribution in [2.24, 2.45) is 0 Å². The van der Waals surface area contributed by atoms with E-state index in [-0.39, 0.29) is 30.0 Å². The number of nitrogens with zero attached hydrogens (tertiary/aromatic N) is 1. The molecule has 0 saturated carbocycles. The molecule has 4 rings (SSSR count). The fourth-order valence-electron chi connectivity index (χ4n) is 4.87. The van der Waals surface area contributed by atoms with E-state index in [0.29, 0.717) is 38.8 Å². The van der Waals surface area contributed by atoms with Crippen molar-refractivity contribution in [1.29, 1.82) is 0 Å². The van der Waals surface area contributed by atoms with Gasteiger partial charge in [-0.25, -0.2) is 0 Å². The van der Waals surface area contributed by atoms with E-state index in [0.717, 1.165) is 24.2 Å². The monoisotopic (exact) mass is 486 g/mol. The van der Waals surface area contributed by atoms with Gasteiger partial charge in [-0.15, -0.1) is 0 Å². The first-order valence-electron chi connectivity index (χ1n) is 11.4. The quantitative estimate of drug-likeness (QED) is 0.499. The topological polar surface area (TPSA) is 84.2 Å². The van der Waals surface area contributed by atoms with Crippen molar-refractivity contribution in [3.63, 3.8) is 0 Å². The van der Waals surface area contributed by atoms with Gasteiger partial charge >= 0.3 is 0 Å². The standard InChI is InChI=1S/C26H31ClN2O5/c1-14(2)28-17-8-6-7-16(25(17)27)20-11-19(31)24-22(33-5)12-21(32-4)23(26(24)34-20)15-9-10-29(3)18(15)13-30/h6-8,11-12,14-15,18,28,30H,9-10,13H2,1-5H3. The number of benzene rings is 2. The van der Waals surface area contributed by atoms with Crippen LogP contribution in [0.4, 0.5) is 5.69 Å². The van der Waals surface area contributed by atoms with Crippen LogP contribution in [0.25, 0.3) is 22.3 Å². The average Bonchev–Trinajstić information content (AvgIpc) is 3.18. The minimum absolute atomic E-state index is 0.0173. The Morgan fingerprint density at radius 2 is 1.97 bits per heavy atom. The minimum atomic E-state index is -0.234. The van der Waals surface area contributed by atoms with Crippen molar-refractivity contribution < 1.29 is 19.0 Å². The molecule has 1 fully saturated rings. The highest BCUT2D eigenvalue weighted by atomic mass is 35.5. The van der Waals surface area contributed by atoms with Gasteiger partial charge in [0.15, 0.2) is 5.43 Å². The number of likely N-dealkylation sites (N-methyl/N-ethyl adjacent to an activating group) is 1. The lowest BCUT2D eigenvalue weighted by Crippen LogP contribution is -2.32. The molecule has 1 saturated heterocycles. The summed E-state index contributed by atoms with van der Waals surface area (Å²) in [6, 6.07) is 8.83. The number of nitrogens with one attached hydrogen (secondary N) is 1. The number of rotatable bonds is 7. The van der Waals surface area contributed by atoms with Crippen LogP contribution in [-0.4, -0.2) is 56.5 Å². The predicted octanol–water partition coefficient (Wildman–Crippen LogP) is 4.73. The molecule has 7 nitrogen and oxygen atoms in total. The van der Waals surface area contributed by atoms with Crippen molar-refractivity contribution in [2.45, 2.75) is 38.3 Å². The molecule has 0 amide bonds. The van der Waals surface area contributed by atoms with Crippen molar-refractivity contribution >= 4 is 28.3 Å². The van der Waals surface area contributed by atoms with Crippen LogP contribution in [0.2, 0.25) is 5.02 Å². The van der Waals surface area contributed by atoms with Crippen LogP contribution in [-0.2, 0) is 0 Å². The molecular formula is C26H31ClN2O5. The fourth-order valence-corrected chi connectivity index (χ4v) is 5.14. The van der Waals surface area contributed by atoms with Gasteiger partial charge in [-0.2, -0.15) is 0 Å². The van der Waals surface area contributed by atoms with Gasteiger partial charge in [0, 0.05) is 41.3 Å². The molecule has 2 aromatic carbocycles. The summed E-state index contributed by atoms with van der Waals surface area (Å²) in [4.78, 5) is 15.5. The summed E-state index contributed by atoms with van der Waals surface area (Å²) < 4.78 is 17.7. The van der Waals surface area contributed by atoms with Crippen molar-refractivity contribution in [3.8, 4) is 22.8 Å². The maximum absolute atomic E-state index is 13.4. The van der Waals surface area contributed by atoms with E-state index in [4.69, 9.17) is 25.5 Å². The molecule has 2 heterocycles. The van der Waals surface area contributed by atoms with E-state index in [1.165, 1.54) is 13.2 Å². The number of likely N-dealkylation sites (tertiary alicyclic amines) is 1. The third-order valence-electron chi connectivity index (χ3n) is 6.50. The van der Waals surface area contributed by atoms with E-state index in [1.807, 2.05) is 39.1 Å². The number of methoxy groups -OCH3 is 2. The summed E-state index contributed by atoms with van der Waals surface area (Å²) in [6.45, 7) is 4.85. The number of halogens is 1. The molecule has 182 valence electrons. The largest absolute Gasteiger partial charge is 0.496 e. The van der Waals surface area contributed by atoms with E-state index in [1.54, 1.807) is 13.2 Å². The predicted molar refractivity (Wildman–Crippen MR) is 136 cm³/mol. The summed E-state index contributed by atoms with van der Waals surface area (Å²) in [5.41, 5.74) is 2.30. The van der Waals surface area contributed by atoms with Crippen LogP contribution in [0.5, 0.6) is 11.5 Å². The van der Waals surface area contributed by atoms with E-state index in [2.05, 4.69) is 10.2 Å². The van der Waals surface area contributed by atoms with Crippen molar-refractivity contribution in [1.82, 2.24) is 4.90 Å². The first-order chi connectivity index (χ1) is 16.3. The zero-order valence-corrected chi connectivity index (χ0v) is 20.9. The molecule has 0 aliphatic carbocycles. The van der Waals surface area contributed by atoms with Crippen LogP contribution in [0.3, 0.4) is 0 Å². The molecule has 8 heteroatoms. The number of anilines is 1. The van der Waals surface area contributed by atoms with Gasteiger partial charge in [-0.3, -0.25) is 4.79 Å². The van der Waals surface area contributed by atoms with Gasteiger partial charge in [0.25, 0.3) is 0 Å². The van der Waals surface area contributed by atoms with Crippen LogP contribution in [0.15, 0.2) is 39.5 Å². The SMILES string of the molecule is COc1cc(OC)c2c(=O)cc(-c3cccc(NC(C)C)c3Cl)oc2c1C1CCN(C)C1CO. The maximum atomic E-state index is 13.4. The minimum Gasteiger partial charge on any atom is -0.496 e. The molecule has 2 unspecified atom stereocenters. The molecule has 1 aromatic heterocycles. The van der Waals surface area contributed by atoms with E-state index >= 15 is 0 Å². The fraction of sp³-hybridized carbons (Fsp3) is 0.423. The Bertz CT molecular complexity index is 1260. The molecule has 1 aliphatic rings. The molecule has 1 aliphatic heterocycles. The number of ether oxygens (including phenoxy) is 2. The van der Waals surface area contributed by atoms with E-state index < -0.39 is 0 Å². The lowest BCUT2D eigenvalue weighted by molar-refractivity contribution is 0.171. The summed E-state index contributed by atoms with van der Waals surface area (Å²) in [6.07, 6.45) is 0.794. The number of fused-ring (bicyclic) bond motifs is 1. The third-order valence-corrected chi connectivity index (χ3v) is 6.90. The van der Waals surface area contributed by atoms with Crippen LogP contribution >= 0.6 is 11.6 Å². The van der Waals surface area contributed by atoms with Gasteiger partial charge in [0.2, 0.25) is 0 Å². The zero-order chi connectivity index (χ0) is 24.6. The second kappa shape index (κ2) is 9.86. The number of aliphatic hydroxyl groups is 1. The smallest absolute Gasteiger partial charge is 0.197 e. The normalized spacial score (nSPS) is 18.6. The number of aliphatic hydroxyl groups excluding tert-OH is 1. The highest BCUT2D eigenvalue weighted by Crippen LogP contribution is 2.45. The maximum Gasteiger partial charge on any atom is 0.197 e. The van der Waals surface area contributed by atoms with Crippen LogP contribution in [0.1, 0.15) is 31.7 Å². The lowest BCUT2D eigenvalue weighted by Gasteiger charge is -2.25. The van der Waals surface area contributed by atoms with E-state index in [9.17, 15) is 9.90 Å². The lowest BCUT2D eigenvalue weighted by atomic mass is 9.89. The molecule has 0 spiro atoms. The Morgan fingerprint density at radius 1 is 1.24 bits per heavy atom. The van der Waals surface area contributed by atoms with Gasteiger partial charge in [-0.1, -0.05) is 17.7 Å². The molecular weight excluding hydrogens is 456 g/mol. The summed E-state index contributed by atoms with van der Waals surface area (Å²) in [5.74, 6) is 1.22. The van der Waals surface area contributed by atoms with Crippen molar-refractivity contribution in [3.05, 3.63) is 51.1 Å². The van der Waals surface area contributed by atoms with Gasteiger partial charge < -0.3 is 29.2 Å². The average molecular weight is 487 g/mol. The second-order valence-electron chi connectivity index (χ2n) is 8.97. The highest BCUT2D eigenvalue weighted by molar-refractivity contribution is 6.35. The van der Waals surface area contributed by atoms with Gasteiger partial charge in [0.1, 0.15) is 28.2 Å². The number of hydrogen-bond donors (Lipinski definition) is 2. The zero-order valence-electron chi connectivity index (χ0n) is 20.1. The molecule has 0 bridgehead atoms. The van der Waals surface area contributed by atoms with Gasteiger partial charge in [0.05, 0.1) is 31.5 Å². The Labute approximate surface area is 204 Å². The second-order valence-corrected chi connectivity index (χ2v) is 9.34. The van der Waals surface area contributed by atoms with Gasteiger partial charge in [-0.05, 0) is 46.0 Å². The highest BCUT2D eigenvalue weighted by Gasteiger charge is 2.37. The first-order valence-corrected chi connectivity index (χ1v) is 11.8. The third kappa shape index (κ3) is 4.24. The summed E-state index contributed by atoms with van der Waals surface area (Å²) in [7, 11) is 5.07. The summed E-state index contributed by atoms with van der Waals surface area (Å²) >= 11 is 6.73. The Hall–Kier alpha value is -2.74. The Morgan fingerprint density at radius 3 is 2.62 bits per heavy atom. The molecule has 0 radical (unpaired) electrons. The molecule has 34 heavy (non-hydrogen) atoms. The summed E-state index contributed by atoms with van der Waals surface area (Å²) in [5, 5.41) is 14.3. The number of hydrogen-bond acceptors (Lipinski definition) is 7. The Kier molecular flexibility index (Phi) is 7.07. The van der Waals surface area contributed by atoms with Crippen LogP contribution in [0, 0.1) is 0 Å². The molecule has 2 atom stereocenters. The Balaban J connectivity index is 2.01. The first kappa shape index (κ1) is 24.4. The van der Waals surface area contributed by atoms with Crippen LogP contribution < -0.4 is 20.2 Å². The van der Waals surface area contributed by atoms with Crippen molar-refractivity contribution in [2.75, 3.05) is 39.7 Å². The molecule has 2 N–H and O–H groups in total.